The summed E-state index contributed by atoms with van der Waals surface area (Å²) in [7, 11) is 1.62. The zero-order chi connectivity index (χ0) is 13.5. The first-order valence-corrected chi connectivity index (χ1v) is 7.07. The number of piperazine rings is 1. The highest BCUT2D eigenvalue weighted by molar-refractivity contribution is 6.32. The lowest BCUT2D eigenvalue weighted by molar-refractivity contribution is 0.214. The Hall–Kier alpha value is -0.390. The molecule has 21 heavy (non-hydrogen) atoms. The summed E-state index contributed by atoms with van der Waals surface area (Å²) in [6.45, 7) is 6.20. The first kappa shape index (κ1) is 20.6. The first-order chi connectivity index (χ1) is 9.29. The Morgan fingerprint density at radius 1 is 1.24 bits per heavy atom. The molecule has 7 heteroatoms. The van der Waals surface area contributed by atoms with Crippen LogP contribution in [0.2, 0.25) is 5.02 Å². The van der Waals surface area contributed by atoms with Crippen LogP contribution in [0.1, 0.15) is 6.42 Å². The van der Waals surface area contributed by atoms with E-state index in [-0.39, 0.29) is 24.8 Å². The third-order valence-corrected chi connectivity index (χ3v) is 3.52. The van der Waals surface area contributed by atoms with Gasteiger partial charge in [-0.05, 0) is 18.6 Å². The van der Waals surface area contributed by atoms with Crippen LogP contribution in [0, 0.1) is 0 Å². The third-order valence-electron chi connectivity index (χ3n) is 3.22. The Labute approximate surface area is 143 Å². The maximum atomic E-state index is 6.11. The molecule has 0 amide bonds. The lowest BCUT2D eigenvalue weighted by atomic mass is 10.3. The van der Waals surface area contributed by atoms with Crippen molar-refractivity contribution in [3.05, 3.63) is 23.2 Å². The van der Waals surface area contributed by atoms with Crippen LogP contribution in [0.3, 0.4) is 0 Å². The largest absolute Gasteiger partial charge is 0.497 e. The molecule has 0 atom stereocenters. The van der Waals surface area contributed by atoms with E-state index in [1.807, 2.05) is 12.1 Å². The summed E-state index contributed by atoms with van der Waals surface area (Å²) in [5.41, 5.74) is 0. The van der Waals surface area contributed by atoms with Crippen LogP contribution in [-0.2, 0) is 0 Å². The SMILES string of the molecule is COc1ccc(OCCCN2CCNCC2)c(Cl)c1.Cl.Cl. The number of nitrogens with one attached hydrogen (secondary N) is 1. The fourth-order valence-electron chi connectivity index (χ4n) is 2.13. The normalized spacial score (nSPS) is 14.8. The van der Waals surface area contributed by atoms with E-state index < -0.39 is 0 Å². The molecule has 0 spiro atoms. The average Bonchev–Trinajstić information content (AvgIpc) is 2.46. The molecule has 1 aromatic rings. The molecule has 0 aliphatic carbocycles. The van der Waals surface area contributed by atoms with Crippen LogP contribution in [0.25, 0.3) is 0 Å². The van der Waals surface area contributed by atoms with Gasteiger partial charge in [0.2, 0.25) is 0 Å². The summed E-state index contributed by atoms with van der Waals surface area (Å²) in [5.74, 6) is 1.47. The molecule has 1 fully saturated rings. The van der Waals surface area contributed by atoms with Gasteiger partial charge < -0.3 is 19.7 Å². The minimum Gasteiger partial charge on any atom is -0.497 e. The number of rotatable bonds is 6. The number of benzene rings is 1. The van der Waals surface area contributed by atoms with E-state index in [2.05, 4.69) is 10.2 Å². The minimum atomic E-state index is 0. The van der Waals surface area contributed by atoms with E-state index in [9.17, 15) is 0 Å². The van der Waals surface area contributed by atoms with Gasteiger partial charge in [-0.25, -0.2) is 0 Å². The van der Waals surface area contributed by atoms with Gasteiger partial charge in [0.25, 0.3) is 0 Å². The minimum absolute atomic E-state index is 0. The van der Waals surface area contributed by atoms with Crippen molar-refractivity contribution >= 4 is 36.4 Å². The van der Waals surface area contributed by atoms with Gasteiger partial charge >= 0.3 is 0 Å². The van der Waals surface area contributed by atoms with Gasteiger partial charge in [-0.15, -0.1) is 24.8 Å². The molecular weight excluding hydrogens is 335 g/mol. The summed E-state index contributed by atoms with van der Waals surface area (Å²) >= 11 is 6.11. The lowest BCUT2D eigenvalue weighted by Crippen LogP contribution is -2.43. The van der Waals surface area contributed by atoms with Crippen molar-refractivity contribution < 1.29 is 9.47 Å². The van der Waals surface area contributed by atoms with Crippen molar-refractivity contribution in [1.29, 1.82) is 0 Å². The predicted octanol–water partition coefficient (Wildman–Crippen LogP) is 2.87. The summed E-state index contributed by atoms with van der Waals surface area (Å²) in [5, 5.41) is 3.95. The monoisotopic (exact) mass is 356 g/mol. The van der Waals surface area contributed by atoms with Crippen molar-refractivity contribution in [2.24, 2.45) is 0 Å². The van der Waals surface area contributed by atoms with Crippen LogP contribution < -0.4 is 14.8 Å². The van der Waals surface area contributed by atoms with Crippen LogP contribution in [0.5, 0.6) is 11.5 Å². The molecule has 0 radical (unpaired) electrons. The van der Waals surface area contributed by atoms with Crippen molar-refractivity contribution in [1.82, 2.24) is 10.2 Å². The second-order valence-corrected chi connectivity index (χ2v) is 5.00. The molecule has 4 nitrogen and oxygen atoms in total. The maximum Gasteiger partial charge on any atom is 0.138 e. The molecule has 0 bridgehead atoms. The molecule has 1 N–H and O–H groups in total. The second-order valence-electron chi connectivity index (χ2n) is 4.59. The van der Waals surface area contributed by atoms with Gasteiger partial charge in [-0.3, -0.25) is 0 Å². The van der Waals surface area contributed by atoms with Gasteiger partial charge in [0, 0.05) is 38.8 Å². The molecule has 122 valence electrons. The number of hydrogen-bond donors (Lipinski definition) is 1. The Bertz CT molecular complexity index is 402. The third kappa shape index (κ3) is 6.94. The van der Waals surface area contributed by atoms with Crippen molar-refractivity contribution in [2.45, 2.75) is 6.42 Å². The molecule has 1 aromatic carbocycles. The van der Waals surface area contributed by atoms with E-state index in [1.54, 1.807) is 13.2 Å². The quantitative estimate of drug-likeness (QED) is 0.794. The Kier molecular flexibility index (Phi) is 11.0. The Morgan fingerprint density at radius 3 is 2.57 bits per heavy atom. The van der Waals surface area contributed by atoms with E-state index in [0.29, 0.717) is 11.6 Å². The summed E-state index contributed by atoms with van der Waals surface area (Å²) in [6, 6.07) is 5.48. The van der Waals surface area contributed by atoms with E-state index in [0.717, 1.165) is 50.6 Å². The van der Waals surface area contributed by atoms with Crippen LogP contribution >= 0.6 is 36.4 Å². The Balaban J connectivity index is 0.00000200. The number of hydrogen-bond acceptors (Lipinski definition) is 4. The van der Waals surface area contributed by atoms with Crippen molar-refractivity contribution in [3.63, 3.8) is 0 Å². The van der Waals surface area contributed by atoms with Gasteiger partial charge in [-0.1, -0.05) is 11.6 Å². The Morgan fingerprint density at radius 2 is 1.95 bits per heavy atom. The van der Waals surface area contributed by atoms with E-state index in [1.165, 1.54) is 0 Å². The molecule has 0 aromatic heterocycles. The van der Waals surface area contributed by atoms with Crippen LogP contribution in [0.4, 0.5) is 0 Å². The van der Waals surface area contributed by atoms with E-state index >= 15 is 0 Å². The van der Waals surface area contributed by atoms with E-state index in [4.69, 9.17) is 21.1 Å². The summed E-state index contributed by atoms with van der Waals surface area (Å²) in [6.07, 6.45) is 1.02. The first-order valence-electron chi connectivity index (χ1n) is 6.69. The van der Waals surface area contributed by atoms with Gasteiger partial charge in [0.05, 0.1) is 18.7 Å². The molecular formula is C14H23Cl3N2O2. The number of halogens is 3. The lowest BCUT2D eigenvalue weighted by Gasteiger charge is -2.27. The maximum absolute atomic E-state index is 6.11. The highest BCUT2D eigenvalue weighted by atomic mass is 35.5. The average molecular weight is 358 g/mol. The van der Waals surface area contributed by atoms with Gasteiger partial charge in [0.1, 0.15) is 11.5 Å². The summed E-state index contributed by atoms with van der Waals surface area (Å²) in [4.78, 5) is 2.45. The fraction of sp³-hybridized carbons (Fsp3) is 0.571. The predicted molar refractivity (Wildman–Crippen MR) is 91.9 cm³/mol. The van der Waals surface area contributed by atoms with Crippen LogP contribution in [0.15, 0.2) is 18.2 Å². The van der Waals surface area contributed by atoms with Gasteiger partial charge in [0.15, 0.2) is 0 Å². The molecule has 1 saturated heterocycles. The zero-order valence-electron chi connectivity index (χ0n) is 12.1. The number of nitrogens with zero attached hydrogens (tertiary/aromatic N) is 1. The second kappa shape index (κ2) is 11.2. The number of methoxy groups -OCH3 is 1. The molecule has 1 heterocycles. The van der Waals surface area contributed by atoms with Crippen molar-refractivity contribution in [3.8, 4) is 11.5 Å². The highest BCUT2D eigenvalue weighted by Gasteiger charge is 2.09. The topological polar surface area (TPSA) is 33.7 Å². The van der Waals surface area contributed by atoms with Gasteiger partial charge in [-0.2, -0.15) is 0 Å². The molecule has 1 aliphatic heterocycles. The fourth-order valence-corrected chi connectivity index (χ4v) is 2.36. The zero-order valence-corrected chi connectivity index (χ0v) is 14.5. The molecule has 0 unspecified atom stereocenters. The molecule has 2 rings (SSSR count). The standard InChI is InChI=1S/C14H21ClN2O2.2ClH/c1-18-12-3-4-14(13(15)11-12)19-10-2-7-17-8-5-16-6-9-17;;/h3-4,11,16H,2,5-10H2,1H3;2*1H. The molecule has 1 aliphatic rings. The molecule has 0 saturated carbocycles. The summed E-state index contributed by atoms with van der Waals surface area (Å²) < 4.78 is 10.8. The van der Waals surface area contributed by atoms with Crippen molar-refractivity contribution in [2.75, 3.05) is 46.4 Å². The van der Waals surface area contributed by atoms with Crippen LogP contribution in [-0.4, -0.2) is 51.3 Å². The smallest absolute Gasteiger partial charge is 0.138 e. The highest BCUT2D eigenvalue weighted by Crippen LogP contribution is 2.28. The number of ether oxygens (including phenoxy) is 2.